The fourth-order valence-corrected chi connectivity index (χ4v) is 1.71. The number of nitriles is 1. The molecule has 0 atom stereocenters. The van der Waals surface area contributed by atoms with Crippen molar-refractivity contribution in [3.05, 3.63) is 23.8 Å². The van der Waals surface area contributed by atoms with E-state index in [1.54, 1.807) is 6.07 Å². The van der Waals surface area contributed by atoms with Gasteiger partial charge in [0.2, 0.25) is 0 Å². The first-order valence-corrected chi connectivity index (χ1v) is 5.05. The number of carboxylic acids is 1. The molecule has 66 valence electrons. The van der Waals surface area contributed by atoms with Crippen molar-refractivity contribution < 1.29 is 9.90 Å². The van der Waals surface area contributed by atoms with Crippen molar-refractivity contribution >= 4 is 31.1 Å². The van der Waals surface area contributed by atoms with Gasteiger partial charge in [0.1, 0.15) is 0 Å². The molecule has 1 aromatic carbocycles. The monoisotopic (exact) mass is 242 g/mol. The quantitative estimate of drug-likeness (QED) is 0.553. The zero-order valence-corrected chi connectivity index (χ0v) is 8.23. The van der Waals surface area contributed by atoms with Crippen LogP contribution in [0, 0.1) is 10.2 Å². The van der Waals surface area contributed by atoms with Crippen LogP contribution in [-0.4, -0.2) is 26.0 Å². The molecule has 0 amide bonds. The minimum absolute atomic E-state index is 0.0645. The van der Waals surface area contributed by atoms with Crippen LogP contribution in [0.2, 0.25) is 0 Å². The van der Waals surface area contributed by atoms with Gasteiger partial charge in [0.15, 0.2) is 0 Å². The Kier molecular flexibility index (Phi) is 2.91. The average molecular weight is 241 g/mol. The summed E-state index contributed by atoms with van der Waals surface area (Å²) in [7, 11) is 0. The van der Waals surface area contributed by atoms with Gasteiger partial charge in [0.05, 0.1) is 0 Å². The number of nitrogens with zero attached hydrogens (tertiary/aromatic N) is 1. The molecule has 13 heavy (non-hydrogen) atoms. The number of nitrogens with two attached hydrogens (primary N) is 1. The number of anilines is 1. The molecule has 3 N–H and O–H groups in total. The van der Waals surface area contributed by atoms with E-state index in [2.05, 4.69) is 0 Å². The van der Waals surface area contributed by atoms with Crippen LogP contribution in [0.15, 0.2) is 18.2 Å². The van der Waals surface area contributed by atoms with Gasteiger partial charge in [-0.05, 0) is 0 Å². The van der Waals surface area contributed by atoms with Gasteiger partial charge in [0, 0.05) is 0 Å². The summed E-state index contributed by atoms with van der Waals surface area (Å²) in [4.78, 5) is 12.6. The molecule has 0 unspecified atom stereocenters. The molecule has 0 aliphatic rings. The van der Waals surface area contributed by atoms with Gasteiger partial charge in [-0.2, -0.15) is 0 Å². The zero-order chi connectivity index (χ0) is 9.84. The maximum absolute atomic E-state index is 10.6. The summed E-state index contributed by atoms with van der Waals surface area (Å²) >= 11 is -0.335. The van der Waals surface area contributed by atoms with Gasteiger partial charge in [-0.15, -0.1) is 0 Å². The number of carboxylic acid groups (broad SMARTS) is 1. The topological polar surface area (TPSA) is 87.1 Å². The van der Waals surface area contributed by atoms with Crippen LogP contribution >= 0.6 is 0 Å². The molecule has 1 rings (SSSR count). The molecular formula is C8H6N2O2Se. The number of rotatable bonds is 2. The Morgan fingerprint density at radius 3 is 2.85 bits per heavy atom. The fourth-order valence-electron chi connectivity index (χ4n) is 0.837. The standard InChI is InChI=1S/C8H6N2O2Se/c9-4-13-5-1-2-7(10)6(3-5)8(11)12/h1-3H,10H2,(H,11,12). The molecule has 4 nitrogen and oxygen atoms in total. The number of benzene rings is 1. The summed E-state index contributed by atoms with van der Waals surface area (Å²) in [5.74, 6) is -1.06. The third kappa shape index (κ3) is 2.22. The third-order valence-corrected chi connectivity index (χ3v) is 2.64. The van der Waals surface area contributed by atoms with E-state index in [1.807, 2.05) is 4.97 Å². The van der Waals surface area contributed by atoms with Gasteiger partial charge in [-0.25, -0.2) is 0 Å². The van der Waals surface area contributed by atoms with Gasteiger partial charge >= 0.3 is 80.7 Å². The predicted molar refractivity (Wildman–Crippen MR) is 48.8 cm³/mol. The predicted octanol–water partition coefficient (Wildman–Crippen LogP) is -0.222. The molecule has 0 heterocycles. The Hall–Kier alpha value is -1.50. The van der Waals surface area contributed by atoms with Crippen LogP contribution in [0.25, 0.3) is 0 Å². The Morgan fingerprint density at radius 2 is 2.31 bits per heavy atom. The van der Waals surface area contributed by atoms with Crippen LogP contribution in [-0.2, 0) is 0 Å². The van der Waals surface area contributed by atoms with Crippen molar-refractivity contribution in [2.24, 2.45) is 0 Å². The molecule has 0 fully saturated rings. The van der Waals surface area contributed by atoms with Crippen molar-refractivity contribution in [2.45, 2.75) is 0 Å². The first-order valence-electron chi connectivity index (χ1n) is 3.34. The Labute approximate surface area is 81.1 Å². The van der Waals surface area contributed by atoms with Crippen molar-refractivity contribution in [2.75, 3.05) is 5.73 Å². The van der Waals surface area contributed by atoms with Gasteiger partial charge in [-0.1, -0.05) is 0 Å². The molecule has 0 aromatic heterocycles. The van der Waals surface area contributed by atoms with Crippen molar-refractivity contribution in [3.8, 4) is 4.97 Å². The van der Waals surface area contributed by atoms with Gasteiger partial charge in [0.25, 0.3) is 0 Å². The molecule has 0 bridgehead atoms. The maximum atomic E-state index is 10.6. The summed E-state index contributed by atoms with van der Waals surface area (Å²) in [6, 6.07) is 4.63. The Morgan fingerprint density at radius 1 is 1.62 bits per heavy atom. The van der Waals surface area contributed by atoms with Crippen molar-refractivity contribution in [1.29, 1.82) is 5.26 Å². The van der Waals surface area contributed by atoms with Crippen LogP contribution < -0.4 is 10.2 Å². The Balaban J connectivity index is 3.13. The van der Waals surface area contributed by atoms with E-state index < -0.39 is 5.97 Å². The Bertz CT molecular complexity index is 384. The molecule has 0 aliphatic carbocycles. The summed E-state index contributed by atoms with van der Waals surface area (Å²) in [6.07, 6.45) is 0. The van der Waals surface area contributed by atoms with E-state index in [4.69, 9.17) is 16.1 Å². The fraction of sp³-hybridized carbons (Fsp3) is 0. The third-order valence-electron chi connectivity index (χ3n) is 1.42. The first-order chi connectivity index (χ1) is 6.15. The second kappa shape index (κ2) is 3.94. The SMILES string of the molecule is N#C[Se]c1ccc(N)c(C(=O)O)c1. The number of hydrogen-bond acceptors (Lipinski definition) is 3. The van der Waals surface area contributed by atoms with Gasteiger partial charge < -0.3 is 0 Å². The minimum atomic E-state index is -1.06. The molecule has 0 spiro atoms. The van der Waals surface area contributed by atoms with E-state index in [9.17, 15) is 4.79 Å². The second-order valence-corrected chi connectivity index (χ2v) is 4.05. The molecule has 0 radical (unpaired) electrons. The molecule has 0 saturated carbocycles. The van der Waals surface area contributed by atoms with E-state index >= 15 is 0 Å². The normalized spacial score (nSPS) is 9.15. The van der Waals surface area contributed by atoms with Crippen LogP contribution in [0.4, 0.5) is 5.69 Å². The van der Waals surface area contributed by atoms with Gasteiger partial charge in [-0.3, -0.25) is 0 Å². The molecule has 0 aliphatic heterocycles. The van der Waals surface area contributed by atoms with Crippen LogP contribution in [0.5, 0.6) is 0 Å². The van der Waals surface area contributed by atoms with E-state index in [0.29, 0.717) is 0 Å². The first kappa shape index (κ1) is 9.59. The summed E-state index contributed by atoms with van der Waals surface area (Å²) < 4.78 is 0.724. The van der Waals surface area contributed by atoms with Crippen molar-refractivity contribution in [1.82, 2.24) is 0 Å². The number of nitrogen functional groups attached to an aromatic ring is 1. The van der Waals surface area contributed by atoms with Crippen LogP contribution in [0.1, 0.15) is 10.4 Å². The van der Waals surface area contributed by atoms with Crippen LogP contribution in [0.3, 0.4) is 0 Å². The summed E-state index contributed by atoms with van der Waals surface area (Å²) in [5, 5.41) is 17.1. The summed E-state index contributed by atoms with van der Waals surface area (Å²) in [5.41, 5.74) is 5.72. The van der Waals surface area contributed by atoms with Crippen molar-refractivity contribution in [3.63, 3.8) is 0 Å². The number of hydrogen-bond donors (Lipinski definition) is 2. The van der Waals surface area contributed by atoms with E-state index in [0.717, 1.165) is 4.46 Å². The second-order valence-electron chi connectivity index (χ2n) is 2.25. The number of aromatic carboxylic acids is 1. The van der Waals surface area contributed by atoms with E-state index in [1.165, 1.54) is 12.1 Å². The van der Waals surface area contributed by atoms with E-state index in [-0.39, 0.29) is 26.2 Å². The summed E-state index contributed by atoms with van der Waals surface area (Å²) in [6.45, 7) is 0. The number of carbonyl (C=O) groups is 1. The molecule has 1 aromatic rings. The molecule has 0 saturated heterocycles. The molecular weight excluding hydrogens is 235 g/mol. The average Bonchev–Trinajstić information content (AvgIpc) is 2.08. The zero-order valence-electron chi connectivity index (χ0n) is 6.52. The molecule has 5 heteroatoms.